The first-order valence-corrected chi connectivity index (χ1v) is 9.51. The summed E-state index contributed by atoms with van der Waals surface area (Å²) in [6, 6.07) is 13.9. The minimum absolute atomic E-state index is 0.0425. The number of imidazole rings is 1. The molecule has 0 spiro atoms. The molecule has 1 amide bonds. The van der Waals surface area contributed by atoms with Gasteiger partial charge >= 0.3 is 0 Å². The molecule has 2 atom stereocenters. The molecule has 0 radical (unpaired) electrons. The Labute approximate surface area is 159 Å². The Hall–Kier alpha value is -2.66. The zero-order chi connectivity index (χ0) is 19.0. The minimum Gasteiger partial charge on any atom is -0.366 e. The van der Waals surface area contributed by atoms with E-state index in [-0.39, 0.29) is 11.3 Å². The fourth-order valence-electron chi connectivity index (χ4n) is 4.21. The molecular formula is C22H26N4O. The van der Waals surface area contributed by atoms with Crippen molar-refractivity contribution in [1.29, 1.82) is 0 Å². The second-order valence-corrected chi connectivity index (χ2v) is 7.95. The van der Waals surface area contributed by atoms with E-state index >= 15 is 0 Å². The molecule has 0 aliphatic carbocycles. The molecule has 140 valence electrons. The number of carbonyl (C=O) groups is 1. The van der Waals surface area contributed by atoms with Gasteiger partial charge in [0.2, 0.25) is 5.91 Å². The van der Waals surface area contributed by atoms with Crippen molar-refractivity contribution in [3.8, 4) is 0 Å². The number of primary amides is 1. The van der Waals surface area contributed by atoms with Gasteiger partial charge in [-0.25, -0.2) is 4.98 Å². The Balaban J connectivity index is 1.50. The van der Waals surface area contributed by atoms with Gasteiger partial charge in [-0.15, -0.1) is 0 Å². The van der Waals surface area contributed by atoms with Crippen molar-refractivity contribution in [1.82, 2.24) is 14.3 Å². The maximum Gasteiger partial charge on any atom is 0.248 e. The second-order valence-electron chi connectivity index (χ2n) is 7.95. The van der Waals surface area contributed by atoms with Crippen molar-refractivity contribution in [2.24, 2.45) is 11.7 Å². The van der Waals surface area contributed by atoms with Crippen LogP contribution in [-0.4, -0.2) is 33.3 Å². The number of nitrogens with two attached hydrogens (primary N) is 1. The van der Waals surface area contributed by atoms with E-state index in [2.05, 4.69) is 35.4 Å². The maximum absolute atomic E-state index is 11.6. The van der Waals surface area contributed by atoms with E-state index in [9.17, 15) is 4.79 Å². The van der Waals surface area contributed by atoms with Crippen molar-refractivity contribution >= 4 is 11.6 Å². The number of nitrogens with zero attached hydrogens (tertiary/aromatic N) is 3. The van der Waals surface area contributed by atoms with Gasteiger partial charge in [0.1, 0.15) is 5.65 Å². The molecule has 5 heteroatoms. The predicted octanol–water partition coefficient (Wildman–Crippen LogP) is 3.23. The molecular weight excluding hydrogens is 336 g/mol. The van der Waals surface area contributed by atoms with Gasteiger partial charge in [0.25, 0.3) is 0 Å². The molecule has 3 heterocycles. The second kappa shape index (κ2) is 6.82. The van der Waals surface area contributed by atoms with E-state index in [0.717, 1.165) is 37.4 Å². The SMILES string of the molecule is CC1CN(Cc2cn3ccccc3n2)CCC1(C)c1cccc(C(N)=O)c1. The van der Waals surface area contributed by atoms with Crippen molar-refractivity contribution in [2.75, 3.05) is 13.1 Å². The van der Waals surface area contributed by atoms with Crippen LogP contribution in [-0.2, 0) is 12.0 Å². The Kier molecular flexibility index (Phi) is 4.48. The lowest BCUT2D eigenvalue weighted by Gasteiger charge is -2.45. The largest absolute Gasteiger partial charge is 0.366 e. The number of aromatic nitrogens is 2. The van der Waals surface area contributed by atoms with Crippen LogP contribution in [0.5, 0.6) is 0 Å². The molecule has 2 N–H and O–H groups in total. The number of rotatable bonds is 4. The zero-order valence-corrected chi connectivity index (χ0v) is 15.9. The Bertz CT molecular complexity index is 946. The average Bonchev–Trinajstić information content (AvgIpc) is 3.07. The summed E-state index contributed by atoms with van der Waals surface area (Å²) >= 11 is 0. The molecule has 2 unspecified atom stereocenters. The number of carbonyl (C=O) groups excluding carboxylic acids is 1. The van der Waals surface area contributed by atoms with Crippen LogP contribution in [0.3, 0.4) is 0 Å². The fourth-order valence-corrected chi connectivity index (χ4v) is 4.21. The maximum atomic E-state index is 11.6. The highest BCUT2D eigenvalue weighted by atomic mass is 16.1. The van der Waals surface area contributed by atoms with Crippen molar-refractivity contribution in [3.63, 3.8) is 0 Å². The topological polar surface area (TPSA) is 63.6 Å². The van der Waals surface area contributed by atoms with E-state index in [0.29, 0.717) is 11.5 Å². The summed E-state index contributed by atoms with van der Waals surface area (Å²) in [6.45, 7) is 7.48. The lowest BCUT2D eigenvalue weighted by Crippen LogP contribution is -2.47. The van der Waals surface area contributed by atoms with E-state index < -0.39 is 0 Å². The summed E-state index contributed by atoms with van der Waals surface area (Å²) < 4.78 is 2.07. The van der Waals surface area contributed by atoms with E-state index in [1.807, 2.05) is 36.5 Å². The molecule has 1 saturated heterocycles. The number of benzene rings is 1. The Morgan fingerprint density at radius 1 is 1.30 bits per heavy atom. The lowest BCUT2D eigenvalue weighted by atomic mass is 9.68. The Morgan fingerprint density at radius 2 is 2.15 bits per heavy atom. The van der Waals surface area contributed by atoms with E-state index in [4.69, 9.17) is 10.7 Å². The summed E-state index contributed by atoms with van der Waals surface area (Å²) in [5, 5.41) is 0. The van der Waals surface area contributed by atoms with Gasteiger partial charge in [-0.1, -0.05) is 32.0 Å². The Morgan fingerprint density at radius 3 is 2.89 bits per heavy atom. The molecule has 0 saturated carbocycles. The molecule has 5 nitrogen and oxygen atoms in total. The van der Waals surface area contributed by atoms with Gasteiger partial charge < -0.3 is 10.1 Å². The summed E-state index contributed by atoms with van der Waals surface area (Å²) in [5.74, 6) is 0.101. The smallest absolute Gasteiger partial charge is 0.248 e. The van der Waals surface area contributed by atoms with E-state index in [1.54, 1.807) is 6.07 Å². The number of piperidine rings is 1. The highest BCUT2D eigenvalue weighted by Crippen LogP contribution is 2.39. The third-order valence-corrected chi connectivity index (χ3v) is 6.17. The molecule has 1 aromatic carbocycles. The van der Waals surface area contributed by atoms with Crippen molar-refractivity contribution in [2.45, 2.75) is 32.2 Å². The van der Waals surface area contributed by atoms with E-state index in [1.165, 1.54) is 5.56 Å². The van der Waals surface area contributed by atoms with Gasteiger partial charge in [-0.3, -0.25) is 9.69 Å². The monoisotopic (exact) mass is 362 g/mol. The summed E-state index contributed by atoms with van der Waals surface area (Å²) in [6.07, 6.45) is 5.20. The third-order valence-electron chi connectivity index (χ3n) is 6.17. The molecule has 4 rings (SSSR count). The third kappa shape index (κ3) is 3.35. The van der Waals surface area contributed by atoms with Crippen LogP contribution in [0, 0.1) is 5.92 Å². The molecule has 27 heavy (non-hydrogen) atoms. The van der Waals surface area contributed by atoms with Crippen LogP contribution in [0.2, 0.25) is 0 Å². The summed E-state index contributed by atoms with van der Waals surface area (Å²) in [5.41, 5.74) is 9.41. The highest BCUT2D eigenvalue weighted by Gasteiger charge is 2.38. The highest BCUT2D eigenvalue weighted by molar-refractivity contribution is 5.92. The summed E-state index contributed by atoms with van der Waals surface area (Å²) in [7, 11) is 0. The van der Waals surface area contributed by atoms with Crippen LogP contribution < -0.4 is 5.73 Å². The van der Waals surface area contributed by atoms with Crippen molar-refractivity contribution in [3.05, 3.63) is 71.7 Å². The fraction of sp³-hybridized carbons (Fsp3) is 0.364. The van der Waals surface area contributed by atoms with Crippen LogP contribution in [0.4, 0.5) is 0 Å². The predicted molar refractivity (Wildman–Crippen MR) is 107 cm³/mol. The number of hydrogen-bond donors (Lipinski definition) is 1. The molecule has 1 aliphatic rings. The van der Waals surface area contributed by atoms with Crippen molar-refractivity contribution < 1.29 is 4.79 Å². The quantitative estimate of drug-likeness (QED) is 0.775. The summed E-state index contributed by atoms with van der Waals surface area (Å²) in [4.78, 5) is 18.8. The molecule has 1 aliphatic heterocycles. The van der Waals surface area contributed by atoms with Crippen LogP contribution in [0.15, 0.2) is 54.9 Å². The van der Waals surface area contributed by atoms with Gasteiger partial charge in [0.05, 0.1) is 5.69 Å². The first-order chi connectivity index (χ1) is 13.0. The number of hydrogen-bond acceptors (Lipinski definition) is 3. The number of pyridine rings is 1. The molecule has 3 aromatic rings. The first kappa shape index (κ1) is 17.7. The van der Waals surface area contributed by atoms with Gasteiger partial charge in [0.15, 0.2) is 0 Å². The number of amides is 1. The first-order valence-electron chi connectivity index (χ1n) is 9.51. The standard InChI is InChI=1S/C22H26N4O/c1-16-13-25(14-19-15-26-10-4-3-8-20(26)24-19)11-9-22(16,2)18-7-5-6-17(12-18)21(23)27/h3-8,10,12,15-16H,9,11,13-14H2,1-2H3,(H2,23,27). The van der Waals surface area contributed by atoms with Crippen LogP contribution in [0.25, 0.3) is 5.65 Å². The zero-order valence-electron chi connectivity index (χ0n) is 15.9. The molecule has 0 bridgehead atoms. The molecule has 1 fully saturated rings. The van der Waals surface area contributed by atoms with Crippen LogP contribution >= 0.6 is 0 Å². The molecule has 2 aromatic heterocycles. The van der Waals surface area contributed by atoms with Gasteiger partial charge in [0, 0.05) is 31.0 Å². The van der Waals surface area contributed by atoms with Gasteiger partial charge in [-0.05, 0) is 54.1 Å². The average molecular weight is 362 g/mol. The van der Waals surface area contributed by atoms with Gasteiger partial charge in [-0.2, -0.15) is 0 Å². The number of likely N-dealkylation sites (tertiary alicyclic amines) is 1. The normalized spacial score (nSPS) is 23.6. The number of fused-ring (bicyclic) bond motifs is 1. The lowest BCUT2D eigenvalue weighted by molar-refractivity contribution is 0.0995. The minimum atomic E-state index is -0.364. The van der Waals surface area contributed by atoms with Crippen LogP contribution in [0.1, 0.15) is 41.9 Å².